The van der Waals surface area contributed by atoms with Gasteiger partial charge in [-0.05, 0) is 12.8 Å². The van der Waals surface area contributed by atoms with Gasteiger partial charge < -0.3 is 10.8 Å². The van der Waals surface area contributed by atoms with Crippen LogP contribution < -0.4 is 5.73 Å². The van der Waals surface area contributed by atoms with E-state index in [1.165, 1.54) is 0 Å². The Morgan fingerprint density at radius 3 is 2.36 bits per heavy atom. The molecule has 1 rings (SSSR count). The first-order valence-corrected chi connectivity index (χ1v) is 3.73. The fraction of sp³-hybridized carbons (Fsp3) is 0.857. The van der Waals surface area contributed by atoms with E-state index in [9.17, 15) is 9.18 Å². The van der Waals surface area contributed by atoms with Gasteiger partial charge in [0.15, 0.2) is 0 Å². The van der Waals surface area contributed by atoms with Crippen LogP contribution in [-0.2, 0) is 4.79 Å². The highest BCUT2D eigenvalue weighted by Crippen LogP contribution is 2.35. The summed E-state index contributed by atoms with van der Waals surface area (Å²) in [6, 6.07) is -1.34. The molecular formula is C7H12FNO2. The monoisotopic (exact) mass is 161 g/mol. The molecule has 0 radical (unpaired) electrons. The normalized spacial score (nSPS) is 24.9. The molecule has 1 aliphatic carbocycles. The molecular weight excluding hydrogens is 149 g/mol. The lowest BCUT2D eigenvalue weighted by atomic mass is 9.95. The number of rotatable bonds is 2. The summed E-state index contributed by atoms with van der Waals surface area (Å²) in [6.07, 6.45) is 2.08. The molecule has 0 amide bonds. The molecule has 1 aliphatic rings. The van der Waals surface area contributed by atoms with Crippen molar-refractivity contribution >= 4 is 5.97 Å². The van der Waals surface area contributed by atoms with E-state index in [0.29, 0.717) is 12.8 Å². The predicted molar refractivity (Wildman–Crippen MR) is 37.9 cm³/mol. The van der Waals surface area contributed by atoms with Crippen LogP contribution in [0.4, 0.5) is 4.39 Å². The van der Waals surface area contributed by atoms with E-state index in [1.54, 1.807) is 0 Å². The van der Waals surface area contributed by atoms with E-state index in [1.807, 2.05) is 0 Å². The highest BCUT2D eigenvalue weighted by Gasteiger charge is 2.43. The quantitative estimate of drug-likeness (QED) is 0.626. The van der Waals surface area contributed by atoms with E-state index >= 15 is 0 Å². The molecule has 1 fully saturated rings. The van der Waals surface area contributed by atoms with Crippen LogP contribution in [0.5, 0.6) is 0 Å². The number of aliphatic carboxylic acids is 1. The molecule has 0 aromatic carbocycles. The fourth-order valence-electron chi connectivity index (χ4n) is 1.50. The molecule has 0 bridgehead atoms. The van der Waals surface area contributed by atoms with E-state index in [4.69, 9.17) is 10.8 Å². The van der Waals surface area contributed by atoms with Gasteiger partial charge in [0, 0.05) is 0 Å². The van der Waals surface area contributed by atoms with Crippen molar-refractivity contribution in [3.63, 3.8) is 0 Å². The van der Waals surface area contributed by atoms with Crippen LogP contribution >= 0.6 is 0 Å². The summed E-state index contributed by atoms with van der Waals surface area (Å²) in [5.74, 6) is -1.24. The average Bonchev–Trinajstić information content (AvgIpc) is 2.35. The minimum absolute atomic E-state index is 0.292. The highest BCUT2D eigenvalue weighted by molar-refractivity contribution is 5.74. The number of hydrogen-bond donors (Lipinski definition) is 2. The molecule has 3 N–H and O–H groups in total. The summed E-state index contributed by atoms with van der Waals surface area (Å²) in [6.45, 7) is 0. The Bertz CT molecular complexity index is 166. The fourth-order valence-corrected chi connectivity index (χ4v) is 1.50. The van der Waals surface area contributed by atoms with Crippen LogP contribution in [0.2, 0.25) is 0 Å². The molecule has 1 unspecified atom stereocenters. The van der Waals surface area contributed by atoms with Gasteiger partial charge in [0.05, 0.1) is 0 Å². The molecule has 3 nitrogen and oxygen atoms in total. The van der Waals surface area contributed by atoms with Crippen molar-refractivity contribution in [1.29, 1.82) is 0 Å². The zero-order chi connectivity index (χ0) is 8.48. The Hall–Kier alpha value is -0.640. The summed E-state index contributed by atoms with van der Waals surface area (Å²) in [5.41, 5.74) is 3.53. The summed E-state index contributed by atoms with van der Waals surface area (Å²) in [5, 5.41) is 8.44. The SMILES string of the molecule is NC(C(=O)O)C1(F)CCCC1. The summed E-state index contributed by atoms with van der Waals surface area (Å²) in [4.78, 5) is 10.3. The molecule has 11 heavy (non-hydrogen) atoms. The van der Waals surface area contributed by atoms with Crippen LogP contribution in [-0.4, -0.2) is 22.8 Å². The third-order valence-electron chi connectivity index (χ3n) is 2.26. The van der Waals surface area contributed by atoms with E-state index in [-0.39, 0.29) is 0 Å². The highest BCUT2D eigenvalue weighted by atomic mass is 19.1. The van der Waals surface area contributed by atoms with Crippen molar-refractivity contribution in [1.82, 2.24) is 0 Å². The summed E-state index contributed by atoms with van der Waals surface area (Å²) >= 11 is 0. The molecule has 0 aliphatic heterocycles. The van der Waals surface area contributed by atoms with E-state index in [0.717, 1.165) is 12.8 Å². The van der Waals surface area contributed by atoms with Gasteiger partial charge in [-0.15, -0.1) is 0 Å². The zero-order valence-corrected chi connectivity index (χ0v) is 6.22. The van der Waals surface area contributed by atoms with Crippen LogP contribution in [0, 0.1) is 0 Å². The van der Waals surface area contributed by atoms with Crippen LogP contribution in [0.3, 0.4) is 0 Å². The van der Waals surface area contributed by atoms with Gasteiger partial charge in [-0.1, -0.05) is 12.8 Å². The number of carboxylic acid groups (broad SMARTS) is 1. The van der Waals surface area contributed by atoms with Gasteiger partial charge in [-0.2, -0.15) is 0 Å². The van der Waals surface area contributed by atoms with E-state index in [2.05, 4.69) is 0 Å². The Morgan fingerprint density at radius 2 is 2.00 bits per heavy atom. The van der Waals surface area contributed by atoms with Crippen molar-refractivity contribution in [2.45, 2.75) is 37.4 Å². The number of carbonyl (C=O) groups is 1. The minimum Gasteiger partial charge on any atom is -0.480 e. The van der Waals surface area contributed by atoms with Crippen molar-refractivity contribution < 1.29 is 14.3 Å². The maximum atomic E-state index is 13.5. The van der Waals surface area contributed by atoms with Crippen LogP contribution in [0.15, 0.2) is 0 Å². The maximum absolute atomic E-state index is 13.5. The molecule has 1 atom stereocenters. The third kappa shape index (κ3) is 1.50. The smallest absolute Gasteiger partial charge is 0.323 e. The largest absolute Gasteiger partial charge is 0.480 e. The second-order valence-electron chi connectivity index (χ2n) is 3.06. The molecule has 0 spiro atoms. The lowest BCUT2D eigenvalue weighted by Gasteiger charge is -2.22. The van der Waals surface area contributed by atoms with Crippen LogP contribution in [0.1, 0.15) is 25.7 Å². The Balaban J connectivity index is 2.63. The minimum atomic E-state index is -1.65. The molecule has 0 aromatic heterocycles. The third-order valence-corrected chi connectivity index (χ3v) is 2.26. The number of nitrogens with two attached hydrogens (primary N) is 1. The second-order valence-corrected chi connectivity index (χ2v) is 3.06. The van der Waals surface area contributed by atoms with Gasteiger partial charge in [-0.3, -0.25) is 4.79 Å². The zero-order valence-electron chi connectivity index (χ0n) is 6.22. The average molecular weight is 161 g/mol. The van der Waals surface area contributed by atoms with E-state index < -0.39 is 17.7 Å². The van der Waals surface area contributed by atoms with Crippen molar-refractivity contribution in [3.05, 3.63) is 0 Å². The first-order valence-electron chi connectivity index (χ1n) is 3.73. The van der Waals surface area contributed by atoms with Gasteiger partial charge >= 0.3 is 5.97 Å². The maximum Gasteiger partial charge on any atom is 0.323 e. The lowest BCUT2D eigenvalue weighted by molar-refractivity contribution is -0.142. The predicted octanol–water partition coefficient (Wildman–Crippen LogP) is 0.681. The first-order chi connectivity index (χ1) is 5.06. The number of carboxylic acids is 1. The molecule has 0 aromatic rings. The Labute approximate surface area is 64.4 Å². The standard InChI is InChI=1S/C7H12FNO2/c8-7(3-1-2-4-7)5(9)6(10)11/h5H,1-4,9H2,(H,10,11). The van der Waals surface area contributed by atoms with Gasteiger partial charge in [0.2, 0.25) is 0 Å². The van der Waals surface area contributed by atoms with Crippen molar-refractivity contribution in [3.8, 4) is 0 Å². The van der Waals surface area contributed by atoms with Crippen molar-refractivity contribution in [2.75, 3.05) is 0 Å². The second kappa shape index (κ2) is 2.77. The molecule has 1 saturated carbocycles. The first kappa shape index (κ1) is 8.46. The lowest BCUT2D eigenvalue weighted by Crippen LogP contribution is -2.48. The number of alkyl halides is 1. The van der Waals surface area contributed by atoms with Crippen molar-refractivity contribution in [2.24, 2.45) is 5.73 Å². The Morgan fingerprint density at radius 1 is 1.55 bits per heavy atom. The molecule has 0 heterocycles. The van der Waals surface area contributed by atoms with Gasteiger partial charge in [-0.25, -0.2) is 4.39 Å². The topological polar surface area (TPSA) is 63.3 Å². The van der Waals surface area contributed by atoms with Crippen LogP contribution in [0.25, 0.3) is 0 Å². The number of halogens is 1. The number of hydrogen-bond acceptors (Lipinski definition) is 2. The summed E-state index contributed by atoms with van der Waals surface area (Å²) in [7, 11) is 0. The Kier molecular flexibility index (Phi) is 2.13. The summed E-state index contributed by atoms with van der Waals surface area (Å²) < 4.78 is 13.5. The molecule has 4 heteroatoms. The molecule has 0 saturated heterocycles. The molecule has 64 valence electrons. The van der Waals surface area contributed by atoms with Gasteiger partial charge in [0.25, 0.3) is 0 Å². The van der Waals surface area contributed by atoms with Gasteiger partial charge in [0.1, 0.15) is 11.7 Å².